The molecule has 1 aromatic carbocycles. The summed E-state index contributed by atoms with van der Waals surface area (Å²) >= 11 is 12.7. The zero-order valence-corrected chi connectivity index (χ0v) is 14.5. The third-order valence-electron chi connectivity index (χ3n) is 4.12. The van der Waals surface area contributed by atoms with E-state index < -0.39 is 0 Å². The van der Waals surface area contributed by atoms with Crippen molar-refractivity contribution in [3.8, 4) is 5.75 Å². The van der Waals surface area contributed by atoms with Crippen molar-refractivity contribution in [1.82, 2.24) is 4.90 Å². The predicted octanol–water partition coefficient (Wildman–Crippen LogP) is 3.88. The molecule has 1 fully saturated rings. The smallest absolute Gasteiger partial charge is 0.141 e. The van der Waals surface area contributed by atoms with Gasteiger partial charge in [0.1, 0.15) is 5.75 Å². The van der Waals surface area contributed by atoms with Gasteiger partial charge in [-0.05, 0) is 44.4 Å². The van der Waals surface area contributed by atoms with Gasteiger partial charge in [-0.3, -0.25) is 4.90 Å². The van der Waals surface area contributed by atoms with Crippen molar-refractivity contribution < 1.29 is 9.47 Å². The average Bonchev–Trinajstić information content (AvgIpc) is 2.51. The lowest BCUT2D eigenvalue weighted by Gasteiger charge is -2.26. The molecule has 0 N–H and O–H groups in total. The molecule has 0 radical (unpaired) electrons. The van der Waals surface area contributed by atoms with Crippen LogP contribution in [0.2, 0.25) is 10.0 Å². The minimum atomic E-state index is 0.634. The molecule has 5 heteroatoms. The Morgan fingerprint density at radius 2 is 1.76 bits per heavy atom. The highest BCUT2D eigenvalue weighted by Crippen LogP contribution is 2.40. The number of morpholine rings is 1. The molecule has 21 heavy (non-hydrogen) atoms. The van der Waals surface area contributed by atoms with Gasteiger partial charge in [-0.15, -0.1) is 0 Å². The highest BCUT2D eigenvalue weighted by molar-refractivity contribution is 6.37. The second-order valence-electron chi connectivity index (χ2n) is 5.45. The molecule has 2 rings (SSSR count). The molecule has 1 aliphatic heterocycles. The fourth-order valence-electron chi connectivity index (χ4n) is 2.80. The van der Waals surface area contributed by atoms with Gasteiger partial charge in [0.25, 0.3) is 0 Å². The van der Waals surface area contributed by atoms with Crippen molar-refractivity contribution in [2.75, 3.05) is 40.0 Å². The zero-order chi connectivity index (χ0) is 15.4. The van der Waals surface area contributed by atoms with E-state index in [1.165, 1.54) is 0 Å². The Morgan fingerprint density at radius 3 is 2.38 bits per heavy atom. The van der Waals surface area contributed by atoms with Crippen molar-refractivity contribution in [3.63, 3.8) is 0 Å². The van der Waals surface area contributed by atoms with Crippen LogP contribution in [0.3, 0.4) is 0 Å². The summed E-state index contributed by atoms with van der Waals surface area (Å²) in [5.74, 6) is 0.776. The summed E-state index contributed by atoms with van der Waals surface area (Å²) in [6.07, 6.45) is 1.99. The second kappa shape index (κ2) is 7.68. The van der Waals surface area contributed by atoms with E-state index in [1.54, 1.807) is 7.11 Å². The fourth-order valence-corrected chi connectivity index (χ4v) is 3.34. The standard InChI is InChI=1S/C16H23Cl2NO2/c1-11-13(5-4-6-19-7-9-21-10-8-19)16(20-3)15(18)12(2)14(11)17/h4-10H2,1-3H3. The van der Waals surface area contributed by atoms with Crippen molar-refractivity contribution in [2.45, 2.75) is 26.7 Å². The summed E-state index contributed by atoms with van der Waals surface area (Å²) in [5, 5.41) is 1.39. The lowest BCUT2D eigenvalue weighted by atomic mass is 9.99. The number of benzene rings is 1. The maximum atomic E-state index is 6.38. The quantitative estimate of drug-likeness (QED) is 0.817. The van der Waals surface area contributed by atoms with Crippen molar-refractivity contribution in [2.24, 2.45) is 0 Å². The molecule has 0 unspecified atom stereocenters. The molecule has 1 aliphatic rings. The lowest BCUT2D eigenvalue weighted by Crippen LogP contribution is -2.37. The molecule has 0 bridgehead atoms. The number of hydrogen-bond donors (Lipinski definition) is 0. The second-order valence-corrected chi connectivity index (χ2v) is 6.20. The summed E-state index contributed by atoms with van der Waals surface area (Å²) in [6, 6.07) is 0. The van der Waals surface area contributed by atoms with E-state index in [4.69, 9.17) is 32.7 Å². The van der Waals surface area contributed by atoms with E-state index in [9.17, 15) is 0 Å². The fraction of sp³-hybridized carbons (Fsp3) is 0.625. The molecule has 1 aromatic rings. The van der Waals surface area contributed by atoms with E-state index in [2.05, 4.69) is 4.90 Å². The Hall–Kier alpha value is -0.480. The molecule has 0 saturated carbocycles. The van der Waals surface area contributed by atoms with Crippen LogP contribution in [0, 0.1) is 13.8 Å². The number of ether oxygens (including phenoxy) is 2. The van der Waals surface area contributed by atoms with Crippen LogP contribution in [0.4, 0.5) is 0 Å². The molecule has 1 saturated heterocycles. The molecule has 1 heterocycles. The van der Waals surface area contributed by atoms with Crippen LogP contribution in [0.15, 0.2) is 0 Å². The van der Waals surface area contributed by atoms with Crippen molar-refractivity contribution in [1.29, 1.82) is 0 Å². The van der Waals surface area contributed by atoms with Gasteiger partial charge in [0.2, 0.25) is 0 Å². The topological polar surface area (TPSA) is 21.7 Å². The molecule has 118 valence electrons. The third-order valence-corrected chi connectivity index (χ3v) is 5.14. The Balaban J connectivity index is 2.08. The van der Waals surface area contributed by atoms with Crippen LogP contribution in [-0.2, 0) is 11.2 Å². The first-order valence-corrected chi connectivity index (χ1v) is 8.13. The van der Waals surface area contributed by atoms with Crippen LogP contribution >= 0.6 is 23.2 Å². The van der Waals surface area contributed by atoms with Gasteiger partial charge >= 0.3 is 0 Å². The Bertz CT molecular complexity index is 500. The van der Waals surface area contributed by atoms with Gasteiger partial charge in [-0.1, -0.05) is 23.2 Å². The van der Waals surface area contributed by atoms with Crippen LogP contribution in [0.1, 0.15) is 23.1 Å². The van der Waals surface area contributed by atoms with Crippen molar-refractivity contribution in [3.05, 3.63) is 26.7 Å². The SMILES string of the molecule is COc1c(Cl)c(C)c(Cl)c(C)c1CCCN1CCOCC1. The number of hydrogen-bond acceptors (Lipinski definition) is 3. The van der Waals surface area contributed by atoms with Gasteiger partial charge in [-0.2, -0.15) is 0 Å². The first-order valence-electron chi connectivity index (χ1n) is 7.37. The summed E-state index contributed by atoms with van der Waals surface area (Å²) in [7, 11) is 1.67. The number of methoxy groups -OCH3 is 1. The Labute approximate surface area is 137 Å². The van der Waals surface area contributed by atoms with Crippen LogP contribution in [-0.4, -0.2) is 44.9 Å². The molecular weight excluding hydrogens is 309 g/mol. The summed E-state index contributed by atoms with van der Waals surface area (Å²) in [5.41, 5.74) is 3.10. The molecule has 0 amide bonds. The Morgan fingerprint density at radius 1 is 1.10 bits per heavy atom. The molecule has 0 spiro atoms. The largest absolute Gasteiger partial charge is 0.495 e. The summed E-state index contributed by atoms with van der Waals surface area (Å²) in [4.78, 5) is 2.43. The summed E-state index contributed by atoms with van der Waals surface area (Å²) < 4.78 is 10.9. The Kier molecular flexibility index (Phi) is 6.18. The molecular formula is C16H23Cl2NO2. The minimum Gasteiger partial charge on any atom is -0.495 e. The van der Waals surface area contributed by atoms with E-state index in [-0.39, 0.29) is 0 Å². The minimum absolute atomic E-state index is 0.634. The zero-order valence-electron chi connectivity index (χ0n) is 13.0. The normalized spacial score (nSPS) is 16.2. The molecule has 0 aliphatic carbocycles. The maximum Gasteiger partial charge on any atom is 0.141 e. The van der Waals surface area contributed by atoms with E-state index in [0.717, 1.165) is 73.2 Å². The highest BCUT2D eigenvalue weighted by Gasteiger charge is 2.18. The number of halogens is 2. The highest BCUT2D eigenvalue weighted by atomic mass is 35.5. The molecule has 3 nitrogen and oxygen atoms in total. The molecule has 0 aromatic heterocycles. The van der Waals surface area contributed by atoms with Gasteiger partial charge in [-0.25, -0.2) is 0 Å². The van der Waals surface area contributed by atoms with E-state index in [1.807, 2.05) is 13.8 Å². The lowest BCUT2D eigenvalue weighted by molar-refractivity contribution is 0.0374. The van der Waals surface area contributed by atoms with Crippen LogP contribution in [0.5, 0.6) is 5.75 Å². The van der Waals surface area contributed by atoms with Crippen molar-refractivity contribution >= 4 is 23.2 Å². The van der Waals surface area contributed by atoms with Gasteiger partial charge < -0.3 is 9.47 Å². The average molecular weight is 332 g/mol. The van der Waals surface area contributed by atoms with Crippen LogP contribution < -0.4 is 4.74 Å². The maximum absolute atomic E-state index is 6.38. The van der Waals surface area contributed by atoms with Gasteiger partial charge in [0, 0.05) is 23.7 Å². The monoisotopic (exact) mass is 331 g/mol. The predicted molar refractivity (Wildman–Crippen MR) is 88.1 cm³/mol. The number of nitrogens with zero attached hydrogens (tertiary/aromatic N) is 1. The van der Waals surface area contributed by atoms with Crippen LogP contribution in [0.25, 0.3) is 0 Å². The first-order chi connectivity index (χ1) is 10.1. The summed E-state index contributed by atoms with van der Waals surface area (Å²) in [6.45, 7) is 8.75. The third kappa shape index (κ3) is 3.84. The van der Waals surface area contributed by atoms with Gasteiger partial charge in [0.05, 0.1) is 25.3 Å². The van der Waals surface area contributed by atoms with E-state index >= 15 is 0 Å². The number of rotatable bonds is 5. The first kappa shape index (κ1) is 16.9. The van der Waals surface area contributed by atoms with E-state index in [0.29, 0.717) is 5.02 Å². The molecule has 0 atom stereocenters. The van der Waals surface area contributed by atoms with Gasteiger partial charge in [0.15, 0.2) is 0 Å².